The topological polar surface area (TPSA) is 42.0 Å². The number of rotatable bonds is 4. The molecule has 180 valence electrons. The molecule has 7 heteroatoms. The van der Waals surface area contributed by atoms with Gasteiger partial charge in [0.1, 0.15) is 6.61 Å². The molecular weight excluding hydrogens is 422 g/mol. The third-order valence-electron chi connectivity index (χ3n) is 5.37. The smallest absolute Gasteiger partial charge is 1.00 e. The maximum absolute atomic E-state index is 11.6. The number of hydrogen-bond acceptors (Lipinski definition) is 4. The summed E-state index contributed by atoms with van der Waals surface area (Å²) in [6, 6.07) is 21.4. The van der Waals surface area contributed by atoms with E-state index >= 15 is 0 Å². The van der Waals surface area contributed by atoms with Crippen molar-refractivity contribution < 1.29 is 34.6 Å². The Kier molecular flexibility index (Phi) is 18.9. The number of benzene rings is 2. The number of amides is 1. The fraction of sp³-hybridized carbons (Fsp3) is 0.500. The van der Waals surface area contributed by atoms with Crippen LogP contribution in [0.5, 0.6) is 0 Å². The quantitative estimate of drug-likeness (QED) is 0.618. The number of ether oxygens (including phenoxy) is 2. The van der Waals surface area contributed by atoms with E-state index in [2.05, 4.69) is 42.2 Å². The van der Waals surface area contributed by atoms with Crippen molar-refractivity contribution in [1.82, 2.24) is 9.80 Å². The molecule has 33 heavy (non-hydrogen) atoms. The van der Waals surface area contributed by atoms with E-state index in [-0.39, 0.29) is 71.1 Å². The first kappa shape index (κ1) is 34.1. The van der Waals surface area contributed by atoms with Gasteiger partial charge in [-0.15, -0.1) is 0 Å². The van der Waals surface area contributed by atoms with E-state index in [0.717, 1.165) is 26.3 Å². The van der Waals surface area contributed by atoms with Gasteiger partial charge in [-0.05, 0) is 25.0 Å². The molecule has 2 heterocycles. The number of hydrogen-bond donors (Lipinski definition) is 0. The van der Waals surface area contributed by atoms with E-state index in [1.165, 1.54) is 11.1 Å². The molecule has 2 aliphatic rings. The van der Waals surface area contributed by atoms with E-state index in [1.807, 2.05) is 42.2 Å². The summed E-state index contributed by atoms with van der Waals surface area (Å²) in [5.74, 6) is 0.0811. The van der Waals surface area contributed by atoms with E-state index in [4.69, 9.17) is 9.47 Å². The summed E-state index contributed by atoms with van der Waals surface area (Å²) < 4.78 is 10.6. The van der Waals surface area contributed by atoms with Crippen LogP contribution in [-0.2, 0) is 27.4 Å². The molecule has 2 aromatic rings. The Morgan fingerprint density at radius 3 is 1.88 bits per heavy atom. The molecule has 0 aliphatic carbocycles. The summed E-state index contributed by atoms with van der Waals surface area (Å²) >= 11 is 0. The minimum Gasteiger partial charge on any atom is -1.00 e. The summed E-state index contributed by atoms with van der Waals surface area (Å²) in [6.07, 6.45) is 0. The minimum absolute atomic E-state index is 0. The van der Waals surface area contributed by atoms with E-state index in [0.29, 0.717) is 19.2 Å². The number of nitrogens with zero attached hydrogens (tertiary/aromatic N) is 2. The monoisotopic (exact) mass is 466 g/mol. The van der Waals surface area contributed by atoms with Gasteiger partial charge in [-0.2, -0.15) is 0 Å². The number of carbonyl (C=O) groups is 1. The van der Waals surface area contributed by atoms with Gasteiger partial charge in [0.15, 0.2) is 17.4 Å². The molecule has 2 aromatic carbocycles. The Morgan fingerprint density at radius 2 is 1.36 bits per heavy atom. The zero-order chi connectivity index (χ0) is 20.5. The molecule has 5 nitrogen and oxygen atoms in total. The SMILES string of the molecule is C.C.C[C@H]1COCC(=O)N1Cc1ccccc1.C[C@H]1COCCN1Cc1ccccc1.[AlH3].[H-].[Li+]. The van der Waals surface area contributed by atoms with Crippen LogP contribution in [-0.4, -0.2) is 78.1 Å². The van der Waals surface area contributed by atoms with Crippen molar-refractivity contribution in [2.24, 2.45) is 0 Å². The standard InChI is InChI=1S/C12H15NO2.C12H17NO.2CH4.Al.Li.4H/c1-10-8-15-9-12(14)13(10)7-11-5-3-2-4-6-11;1-11-10-14-8-7-13(11)9-12-5-3-2-4-6-12;;;;;;;;/h2-6,10H,7-9H2,1H3;2-6,11H,7-10H2,1H3;2*1H4;;;;;;/q;;;;;+1;;;;-1/t10-;11-;;;;;;;;/m00......../s1. The maximum Gasteiger partial charge on any atom is 1.00 e. The second-order valence-corrected chi connectivity index (χ2v) is 7.75. The van der Waals surface area contributed by atoms with Gasteiger partial charge in [0.2, 0.25) is 5.91 Å². The van der Waals surface area contributed by atoms with Crippen LogP contribution in [0.15, 0.2) is 60.7 Å². The molecule has 2 aliphatic heterocycles. The maximum atomic E-state index is 11.6. The molecule has 0 N–H and O–H groups in total. The first-order valence-corrected chi connectivity index (χ1v) is 10.4. The largest absolute Gasteiger partial charge is 1.00 e. The van der Waals surface area contributed by atoms with Gasteiger partial charge >= 0.3 is 18.9 Å². The summed E-state index contributed by atoms with van der Waals surface area (Å²) in [7, 11) is 0. The van der Waals surface area contributed by atoms with Crippen LogP contribution >= 0.6 is 0 Å². The minimum atomic E-state index is 0. The zero-order valence-corrected chi connectivity index (χ0v) is 18.5. The first-order valence-electron chi connectivity index (χ1n) is 10.4. The van der Waals surface area contributed by atoms with Crippen molar-refractivity contribution in [2.75, 3.05) is 33.0 Å². The molecule has 0 bridgehead atoms. The van der Waals surface area contributed by atoms with Gasteiger partial charge in [0.05, 0.1) is 25.9 Å². The third-order valence-corrected chi connectivity index (χ3v) is 5.37. The van der Waals surface area contributed by atoms with E-state index < -0.39 is 0 Å². The zero-order valence-electron chi connectivity index (χ0n) is 19.5. The predicted octanol–water partition coefficient (Wildman–Crippen LogP) is 0.546. The third kappa shape index (κ3) is 11.3. The van der Waals surface area contributed by atoms with Crippen LogP contribution in [0.4, 0.5) is 0 Å². The Bertz CT molecular complexity index is 758. The van der Waals surface area contributed by atoms with Crippen LogP contribution < -0.4 is 18.9 Å². The molecule has 1 amide bonds. The van der Waals surface area contributed by atoms with E-state index in [9.17, 15) is 4.79 Å². The van der Waals surface area contributed by atoms with Crippen LogP contribution in [0.25, 0.3) is 0 Å². The fourth-order valence-electron chi connectivity index (χ4n) is 3.57. The van der Waals surface area contributed by atoms with Crippen molar-refractivity contribution in [2.45, 2.75) is 53.9 Å². The molecular formula is C26H44AlLiN2O3. The summed E-state index contributed by atoms with van der Waals surface area (Å²) in [5.41, 5.74) is 2.56. The summed E-state index contributed by atoms with van der Waals surface area (Å²) in [4.78, 5) is 16.0. The van der Waals surface area contributed by atoms with Gasteiger partial charge < -0.3 is 15.8 Å². The predicted molar refractivity (Wildman–Crippen MR) is 139 cm³/mol. The van der Waals surface area contributed by atoms with Crippen molar-refractivity contribution in [1.29, 1.82) is 0 Å². The van der Waals surface area contributed by atoms with Crippen molar-refractivity contribution in [3.05, 3.63) is 71.8 Å². The first-order chi connectivity index (χ1) is 14.1. The molecule has 2 fully saturated rings. The molecule has 2 saturated heterocycles. The normalized spacial score (nSPS) is 19.9. The van der Waals surface area contributed by atoms with Gasteiger partial charge in [0, 0.05) is 25.7 Å². The van der Waals surface area contributed by atoms with Gasteiger partial charge in [-0.3, -0.25) is 9.69 Å². The summed E-state index contributed by atoms with van der Waals surface area (Å²) in [5, 5.41) is 0. The molecule has 0 spiro atoms. The average molecular weight is 467 g/mol. The summed E-state index contributed by atoms with van der Waals surface area (Å²) in [6.45, 7) is 9.62. The van der Waals surface area contributed by atoms with Crippen molar-refractivity contribution in [3.8, 4) is 0 Å². The van der Waals surface area contributed by atoms with Crippen LogP contribution in [0.3, 0.4) is 0 Å². The van der Waals surface area contributed by atoms with Crippen molar-refractivity contribution in [3.63, 3.8) is 0 Å². The van der Waals surface area contributed by atoms with Gasteiger partial charge in [-0.1, -0.05) is 75.5 Å². The molecule has 0 aromatic heterocycles. The second kappa shape index (κ2) is 18.3. The van der Waals surface area contributed by atoms with Crippen LogP contribution in [0.1, 0.15) is 41.3 Å². The van der Waals surface area contributed by atoms with Gasteiger partial charge in [-0.25, -0.2) is 0 Å². The van der Waals surface area contributed by atoms with Crippen molar-refractivity contribution >= 4 is 23.3 Å². The second-order valence-electron chi connectivity index (χ2n) is 7.75. The molecule has 0 saturated carbocycles. The van der Waals surface area contributed by atoms with Crippen LogP contribution in [0.2, 0.25) is 0 Å². The van der Waals surface area contributed by atoms with E-state index in [1.54, 1.807) is 0 Å². The molecule has 2 atom stereocenters. The number of carbonyl (C=O) groups excluding carboxylic acids is 1. The molecule has 0 unspecified atom stereocenters. The van der Waals surface area contributed by atoms with Gasteiger partial charge in [0.25, 0.3) is 0 Å². The fourth-order valence-corrected chi connectivity index (χ4v) is 3.57. The average Bonchev–Trinajstić information content (AvgIpc) is 2.75. The number of morpholine rings is 2. The Balaban J connectivity index is -0.000000494. The Labute approximate surface area is 225 Å². The van der Waals surface area contributed by atoms with Crippen LogP contribution in [0, 0.1) is 0 Å². The Morgan fingerprint density at radius 1 is 0.848 bits per heavy atom. The molecule has 4 rings (SSSR count). The Hall–Kier alpha value is -1.08. The molecule has 0 radical (unpaired) electrons.